The van der Waals surface area contributed by atoms with E-state index >= 15 is 0 Å². The Labute approximate surface area is 145 Å². The van der Waals surface area contributed by atoms with Crippen molar-refractivity contribution in [2.75, 3.05) is 24.0 Å². The van der Waals surface area contributed by atoms with Gasteiger partial charge in [0.05, 0.1) is 18.2 Å². The van der Waals surface area contributed by atoms with E-state index in [1.165, 1.54) is 11.0 Å². The molecule has 0 spiro atoms. The second-order valence-corrected chi connectivity index (χ2v) is 5.76. The number of ketones is 1. The molecule has 1 aromatic rings. The van der Waals surface area contributed by atoms with Gasteiger partial charge in [-0.2, -0.15) is 0 Å². The largest absolute Gasteiger partial charge is 0.482 e. The number of ether oxygens (including phenoxy) is 2. The van der Waals surface area contributed by atoms with Gasteiger partial charge in [0.1, 0.15) is 11.8 Å². The molecule has 0 saturated carbocycles. The molecule has 1 heterocycles. The third kappa shape index (κ3) is 3.87. The molecule has 1 aliphatic heterocycles. The number of carbonyl (C=O) groups excluding carboxylic acids is 3. The second-order valence-electron chi connectivity index (χ2n) is 5.49. The van der Waals surface area contributed by atoms with E-state index in [0.29, 0.717) is 23.6 Å². The normalized spacial score (nSPS) is 14.6. The Morgan fingerprint density at radius 1 is 1.42 bits per heavy atom. The van der Waals surface area contributed by atoms with Crippen LogP contribution in [0, 0.1) is 0 Å². The summed E-state index contributed by atoms with van der Waals surface area (Å²) in [6.07, 6.45) is 1.67. The molecule has 130 valence electrons. The molecule has 7 heteroatoms. The van der Waals surface area contributed by atoms with Gasteiger partial charge in [-0.15, -0.1) is 11.6 Å². The van der Waals surface area contributed by atoms with E-state index in [1.807, 2.05) is 6.92 Å². The van der Waals surface area contributed by atoms with E-state index in [4.69, 9.17) is 21.1 Å². The zero-order chi connectivity index (χ0) is 17.7. The van der Waals surface area contributed by atoms with Gasteiger partial charge in [-0.1, -0.05) is 13.3 Å². The third-order valence-corrected chi connectivity index (χ3v) is 4.00. The lowest BCUT2D eigenvalue weighted by atomic mass is 10.1. The van der Waals surface area contributed by atoms with E-state index < -0.39 is 12.0 Å². The van der Waals surface area contributed by atoms with Crippen molar-refractivity contribution in [2.45, 2.75) is 32.7 Å². The average Bonchev–Trinajstić information content (AvgIpc) is 2.60. The Morgan fingerprint density at radius 3 is 2.83 bits per heavy atom. The van der Waals surface area contributed by atoms with Gasteiger partial charge in [0, 0.05) is 5.56 Å². The summed E-state index contributed by atoms with van der Waals surface area (Å²) in [6.45, 7) is 3.74. The average molecular weight is 354 g/mol. The van der Waals surface area contributed by atoms with Crippen molar-refractivity contribution in [3.05, 3.63) is 23.8 Å². The van der Waals surface area contributed by atoms with E-state index in [0.717, 1.165) is 12.8 Å². The molecule has 24 heavy (non-hydrogen) atoms. The predicted octanol–water partition coefficient (Wildman–Crippen LogP) is 2.57. The molecular formula is C17H20ClNO5. The van der Waals surface area contributed by atoms with Crippen LogP contribution < -0.4 is 9.64 Å². The maximum Gasteiger partial charge on any atom is 0.328 e. The lowest BCUT2D eigenvalue weighted by Gasteiger charge is -2.33. The summed E-state index contributed by atoms with van der Waals surface area (Å²) in [4.78, 5) is 37.6. The molecule has 0 radical (unpaired) electrons. The Bertz CT molecular complexity index is 646. The molecule has 0 aliphatic carbocycles. The molecule has 1 aliphatic rings. The van der Waals surface area contributed by atoms with Gasteiger partial charge < -0.3 is 9.47 Å². The summed E-state index contributed by atoms with van der Waals surface area (Å²) in [5, 5.41) is 0. The number of nitrogens with zero attached hydrogens (tertiary/aromatic N) is 1. The number of Topliss-reactive ketones (excluding diaryl/α,β-unsaturated/α-hetero) is 1. The van der Waals surface area contributed by atoms with Crippen LogP contribution in [-0.2, 0) is 14.3 Å². The van der Waals surface area contributed by atoms with Crippen LogP contribution in [0.2, 0.25) is 0 Å². The van der Waals surface area contributed by atoms with Crippen LogP contribution in [-0.4, -0.2) is 42.8 Å². The molecular weight excluding hydrogens is 334 g/mol. The molecule has 2 rings (SSSR count). The Morgan fingerprint density at radius 2 is 2.17 bits per heavy atom. The number of alkyl halides is 1. The summed E-state index contributed by atoms with van der Waals surface area (Å²) in [6, 6.07) is 3.90. The monoisotopic (exact) mass is 353 g/mol. The van der Waals surface area contributed by atoms with Crippen molar-refractivity contribution in [1.29, 1.82) is 0 Å². The Hall–Kier alpha value is -2.08. The van der Waals surface area contributed by atoms with E-state index in [1.54, 1.807) is 19.1 Å². The van der Waals surface area contributed by atoms with Crippen molar-refractivity contribution in [3.8, 4) is 5.75 Å². The van der Waals surface area contributed by atoms with Gasteiger partial charge in [0.2, 0.25) is 0 Å². The Kier molecular flexibility index (Phi) is 6.20. The van der Waals surface area contributed by atoms with E-state index in [2.05, 4.69) is 0 Å². The van der Waals surface area contributed by atoms with Crippen LogP contribution >= 0.6 is 11.6 Å². The van der Waals surface area contributed by atoms with Crippen molar-refractivity contribution in [1.82, 2.24) is 0 Å². The van der Waals surface area contributed by atoms with Gasteiger partial charge in [-0.3, -0.25) is 14.5 Å². The molecule has 1 unspecified atom stereocenters. The maximum atomic E-state index is 12.3. The first-order valence-electron chi connectivity index (χ1n) is 7.84. The summed E-state index contributed by atoms with van der Waals surface area (Å²) in [5.74, 6) is -0.844. The minimum absolute atomic E-state index is 0.164. The SMILES string of the molecule is CCCCOC(=O)C(C)N1C(=O)COc2ccc(C(=O)CCl)cc21. The molecule has 1 amide bonds. The van der Waals surface area contributed by atoms with Crippen molar-refractivity contribution in [2.24, 2.45) is 0 Å². The number of hydrogen-bond donors (Lipinski definition) is 0. The van der Waals surface area contributed by atoms with Gasteiger partial charge in [-0.05, 0) is 31.5 Å². The minimum atomic E-state index is -0.807. The third-order valence-electron chi connectivity index (χ3n) is 3.75. The topological polar surface area (TPSA) is 72.9 Å². The molecule has 0 N–H and O–H groups in total. The predicted molar refractivity (Wildman–Crippen MR) is 89.8 cm³/mol. The number of hydrogen-bond acceptors (Lipinski definition) is 5. The minimum Gasteiger partial charge on any atom is -0.482 e. The molecule has 0 aromatic heterocycles. The van der Waals surface area contributed by atoms with E-state index in [9.17, 15) is 14.4 Å². The van der Waals surface area contributed by atoms with Crippen LogP contribution in [0.1, 0.15) is 37.0 Å². The lowest BCUT2D eigenvalue weighted by Crippen LogP contribution is -2.48. The maximum absolute atomic E-state index is 12.3. The van der Waals surface area contributed by atoms with Crippen LogP contribution in [0.15, 0.2) is 18.2 Å². The standard InChI is InChI=1S/C17H20ClNO5/c1-3-4-7-23-17(22)11(2)19-13-8-12(14(20)9-18)5-6-15(13)24-10-16(19)21/h5-6,8,11H,3-4,7,9-10H2,1-2H3. The van der Waals surface area contributed by atoms with Crippen LogP contribution in [0.4, 0.5) is 5.69 Å². The van der Waals surface area contributed by atoms with Gasteiger partial charge in [0.25, 0.3) is 5.91 Å². The molecule has 6 nitrogen and oxygen atoms in total. The highest BCUT2D eigenvalue weighted by molar-refractivity contribution is 6.30. The fourth-order valence-corrected chi connectivity index (χ4v) is 2.54. The smallest absolute Gasteiger partial charge is 0.328 e. The number of anilines is 1. The summed E-state index contributed by atoms with van der Waals surface area (Å²) in [5.41, 5.74) is 0.737. The fraction of sp³-hybridized carbons (Fsp3) is 0.471. The van der Waals surface area contributed by atoms with Crippen molar-refractivity contribution < 1.29 is 23.9 Å². The van der Waals surface area contributed by atoms with Gasteiger partial charge >= 0.3 is 5.97 Å². The summed E-state index contributed by atoms with van der Waals surface area (Å²) < 4.78 is 10.6. The molecule has 0 saturated heterocycles. The first-order chi connectivity index (χ1) is 11.5. The number of amides is 1. The number of fused-ring (bicyclic) bond motifs is 1. The zero-order valence-corrected chi connectivity index (χ0v) is 14.5. The number of unbranched alkanes of at least 4 members (excludes halogenated alkanes) is 1. The highest BCUT2D eigenvalue weighted by atomic mass is 35.5. The fourth-order valence-electron chi connectivity index (χ4n) is 2.39. The molecule has 1 aromatic carbocycles. The van der Waals surface area contributed by atoms with Crippen LogP contribution in [0.25, 0.3) is 0 Å². The van der Waals surface area contributed by atoms with Crippen LogP contribution in [0.5, 0.6) is 5.75 Å². The van der Waals surface area contributed by atoms with Gasteiger partial charge in [-0.25, -0.2) is 4.79 Å². The summed E-state index contributed by atoms with van der Waals surface area (Å²) in [7, 11) is 0. The van der Waals surface area contributed by atoms with Crippen molar-refractivity contribution in [3.63, 3.8) is 0 Å². The van der Waals surface area contributed by atoms with Gasteiger partial charge in [0.15, 0.2) is 12.4 Å². The van der Waals surface area contributed by atoms with E-state index in [-0.39, 0.29) is 24.2 Å². The highest BCUT2D eigenvalue weighted by Gasteiger charge is 2.34. The lowest BCUT2D eigenvalue weighted by molar-refractivity contribution is -0.146. The first-order valence-corrected chi connectivity index (χ1v) is 8.37. The first kappa shape index (κ1) is 18.3. The number of rotatable bonds is 7. The Balaban J connectivity index is 2.28. The van der Waals surface area contributed by atoms with Crippen LogP contribution in [0.3, 0.4) is 0 Å². The number of benzene rings is 1. The number of esters is 1. The quantitative estimate of drug-likeness (QED) is 0.326. The highest BCUT2D eigenvalue weighted by Crippen LogP contribution is 2.34. The molecule has 0 fully saturated rings. The zero-order valence-electron chi connectivity index (χ0n) is 13.7. The molecule has 1 atom stereocenters. The second kappa shape index (κ2) is 8.15. The molecule has 0 bridgehead atoms. The summed E-state index contributed by atoms with van der Waals surface area (Å²) >= 11 is 5.58. The number of halogens is 1. The number of carbonyl (C=O) groups is 3. The van der Waals surface area contributed by atoms with Crippen molar-refractivity contribution >= 4 is 34.9 Å².